The van der Waals surface area contributed by atoms with Crippen molar-refractivity contribution in [2.75, 3.05) is 11.9 Å². The lowest BCUT2D eigenvalue weighted by Gasteiger charge is -2.17. The van der Waals surface area contributed by atoms with E-state index in [-0.39, 0.29) is 11.7 Å². The molecule has 0 aliphatic heterocycles. The molecule has 4 aromatic rings. The molecule has 0 saturated carbocycles. The smallest absolute Gasteiger partial charge is 0.259 e. The van der Waals surface area contributed by atoms with Crippen molar-refractivity contribution < 1.29 is 8.91 Å². The first-order valence-electron chi connectivity index (χ1n) is 8.22. The van der Waals surface area contributed by atoms with E-state index < -0.39 is 5.82 Å². The lowest BCUT2D eigenvalue weighted by atomic mass is 10.2. The van der Waals surface area contributed by atoms with E-state index in [0.717, 1.165) is 11.5 Å². The number of nitrogens with zero attached hydrogens (tertiary/aromatic N) is 6. The van der Waals surface area contributed by atoms with Crippen molar-refractivity contribution in [3.05, 3.63) is 72.7 Å². The quantitative estimate of drug-likeness (QED) is 0.538. The lowest BCUT2D eigenvalue weighted by Crippen LogP contribution is -2.18. The zero-order valence-electron chi connectivity index (χ0n) is 14.5. The molecule has 3 heterocycles. The molecule has 0 N–H and O–H groups in total. The Morgan fingerprint density at radius 1 is 1.04 bits per heavy atom. The third kappa shape index (κ3) is 3.64. The van der Waals surface area contributed by atoms with Gasteiger partial charge in [-0.25, -0.2) is 9.37 Å². The van der Waals surface area contributed by atoms with E-state index in [0.29, 0.717) is 17.7 Å². The summed E-state index contributed by atoms with van der Waals surface area (Å²) in [7, 11) is 1.92. The van der Waals surface area contributed by atoms with Crippen LogP contribution in [-0.2, 0) is 6.54 Å². The minimum atomic E-state index is -0.399. The second-order valence-electron chi connectivity index (χ2n) is 5.86. The highest BCUT2D eigenvalue weighted by Gasteiger charge is 2.14. The number of pyridine rings is 1. The predicted octanol–water partition coefficient (Wildman–Crippen LogP) is 3.36. The summed E-state index contributed by atoms with van der Waals surface area (Å²) in [6.07, 6.45) is 6.65. The van der Waals surface area contributed by atoms with Crippen LogP contribution >= 0.6 is 0 Å². The van der Waals surface area contributed by atoms with Crippen LogP contribution < -0.4 is 4.90 Å². The Morgan fingerprint density at radius 3 is 2.67 bits per heavy atom. The van der Waals surface area contributed by atoms with Crippen molar-refractivity contribution in [2.45, 2.75) is 6.54 Å². The zero-order chi connectivity index (χ0) is 18.6. The second-order valence-corrected chi connectivity index (χ2v) is 5.86. The van der Waals surface area contributed by atoms with Gasteiger partial charge in [-0.1, -0.05) is 17.3 Å². The van der Waals surface area contributed by atoms with Gasteiger partial charge in [0.1, 0.15) is 11.6 Å². The number of rotatable bonds is 5. The highest BCUT2D eigenvalue weighted by atomic mass is 19.1. The fourth-order valence-electron chi connectivity index (χ4n) is 2.57. The van der Waals surface area contributed by atoms with Crippen LogP contribution in [0.2, 0.25) is 0 Å². The van der Waals surface area contributed by atoms with Crippen molar-refractivity contribution in [1.82, 2.24) is 25.1 Å². The molecule has 0 spiro atoms. The van der Waals surface area contributed by atoms with Crippen LogP contribution in [0, 0.1) is 5.82 Å². The number of anilines is 1. The molecule has 0 bridgehead atoms. The molecular weight excluding hydrogens is 347 g/mol. The topological polar surface area (TPSA) is 80.8 Å². The van der Waals surface area contributed by atoms with E-state index in [9.17, 15) is 4.39 Å². The summed E-state index contributed by atoms with van der Waals surface area (Å²) < 4.78 is 19.1. The predicted molar refractivity (Wildman–Crippen MR) is 97.1 cm³/mol. The minimum absolute atomic E-state index is 0.201. The molecule has 0 aliphatic rings. The number of hydrogen-bond donors (Lipinski definition) is 0. The van der Waals surface area contributed by atoms with Gasteiger partial charge in [-0.2, -0.15) is 4.98 Å². The average molecular weight is 362 g/mol. The van der Waals surface area contributed by atoms with Crippen molar-refractivity contribution >= 4 is 5.82 Å². The summed E-state index contributed by atoms with van der Waals surface area (Å²) in [5.41, 5.74) is 1.79. The lowest BCUT2D eigenvalue weighted by molar-refractivity contribution is 0.431. The van der Waals surface area contributed by atoms with E-state index >= 15 is 0 Å². The molecule has 3 aromatic heterocycles. The first kappa shape index (κ1) is 16.8. The fraction of sp³-hybridized carbons (Fsp3) is 0.105. The molecule has 0 unspecified atom stereocenters. The number of hydrogen-bond acceptors (Lipinski definition) is 7. The Kier molecular flexibility index (Phi) is 4.52. The van der Waals surface area contributed by atoms with Crippen LogP contribution in [0.5, 0.6) is 0 Å². The number of aromatic nitrogens is 5. The first-order valence-corrected chi connectivity index (χ1v) is 8.22. The van der Waals surface area contributed by atoms with Gasteiger partial charge in [-0.05, 0) is 24.3 Å². The average Bonchev–Trinajstić information content (AvgIpc) is 3.19. The molecule has 0 saturated heterocycles. The van der Waals surface area contributed by atoms with Gasteiger partial charge in [0.05, 0.1) is 29.6 Å². The number of halogens is 1. The third-order valence-electron chi connectivity index (χ3n) is 3.94. The second kappa shape index (κ2) is 7.28. The van der Waals surface area contributed by atoms with E-state index in [2.05, 4.69) is 25.1 Å². The first-order chi connectivity index (χ1) is 13.2. The van der Waals surface area contributed by atoms with E-state index in [1.165, 1.54) is 6.07 Å². The fourth-order valence-corrected chi connectivity index (χ4v) is 2.57. The molecule has 8 heteroatoms. The monoisotopic (exact) mass is 362 g/mol. The summed E-state index contributed by atoms with van der Waals surface area (Å²) >= 11 is 0. The molecule has 0 aliphatic carbocycles. The van der Waals surface area contributed by atoms with Crippen molar-refractivity contribution in [3.63, 3.8) is 0 Å². The molecule has 1 aromatic carbocycles. The van der Waals surface area contributed by atoms with E-state index in [4.69, 9.17) is 4.52 Å². The maximum absolute atomic E-state index is 13.9. The minimum Gasteiger partial charge on any atom is -0.354 e. The van der Waals surface area contributed by atoms with Crippen LogP contribution in [0.1, 0.15) is 5.69 Å². The zero-order valence-corrected chi connectivity index (χ0v) is 14.5. The summed E-state index contributed by atoms with van der Waals surface area (Å²) in [5.74, 6) is 0.845. The maximum atomic E-state index is 13.9. The Bertz CT molecular complexity index is 1040. The van der Waals surface area contributed by atoms with Crippen LogP contribution in [-0.4, -0.2) is 32.1 Å². The van der Waals surface area contributed by atoms with Crippen molar-refractivity contribution in [2.24, 2.45) is 0 Å². The summed E-state index contributed by atoms with van der Waals surface area (Å²) in [6, 6.07) is 9.96. The van der Waals surface area contributed by atoms with Gasteiger partial charge in [0.15, 0.2) is 0 Å². The van der Waals surface area contributed by atoms with Crippen molar-refractivity contribution in [3.8, 4) is 22.8 Å². The largest absolute Gasteiger partial charge is 0.354 e. The Hall–Kier alpha value is -3.68. The van der Waals surface area contributed by atoms with Gasteiger partial charge < -0.3 is 9.42 Å². The van der Waals surface area contributed by atoms with Crippen LogP contribution in [0.3, 0.4) is 0 Å². The van der Waals surface area contributed by atoms with Crippen LogP contribution in [0.15, 0.2) is 65.7 Å². The molecule has 27 heavy (non-hydrogen) atoms. The summed E-state index contributed by atoms with van der Waals surface area (Å²) in [4.78, 5) is 18.9. The summed E-state index contributed by atoms with van der Waals surface area (Å²) in [5, 5.41) is 3.86. The van der Waals surface area contributed by atoms with Gasteiger partial charge >= 0.3 is 0 Å². The molecule has 0 atom stereocenters. The third-order valence-corrected chi connectivity index (χ3v) is 3.94. The Labute approximate surface area is 154 Å². The molecule has 0 amide bonds. The van der Waals surface area contributed by atoms with Gasteiger partial charge in [-0.15, -0.1) is 0 Å². The molecule has 134 valence electrons. The summed E-state index contributed by atoms with van der Waals surface area (Å²) in [6.45, 7) is 0.582. The normalized spacial score (nSPS) is 10.7. The molecule has 7 nitrogen and oxygen atoms in total. The maximum Gasteiger partial charge on any atom is 0.259 e. The van der Waals surface area contributed by atoms with E-state index in [1.807, 2.05) is 24.1 Å². The van der Waals surface area contributed by atoms with Crippen LogP contribution in [0.25, 0.3) is 22.8 Å². The number of benzene rings is 1. The molecule has 4 rings (SSSR count). The van der Waals surface area contributed by atoms with Crippen LogP contribution in [0.4, 0.5) is 10.2 Å². The SMILES string of the molecule is CN(Cc1cnccn1)c1ccc(-c2nc(-c3ccccc3F)no2)cn1. The Balaban J connectivity index is 1.52. The highest BCUT2D eigenvalue weighted by Crippen LogP contribution is 2.24. The van der Waals surface area contributed by atoms with Gasteiger partial charge in [-0.3, -0.25) is 9.97 Å². The standard InChI is InChI=1S/C19H15FN6O/c1-26(12-14-11-21-8-9-22-14)17-7-6-13(10-23-17)19-24-18(25-27-19)15-4-2-3-5-16(15)20/h2-11H,12H2,1H3. The molecular formula is C19H15FN6O. The Morgan fingerprint density at radius 2 is 1.93 bits per heavy atom. The van der Waals surface area contributed by atoms with Gasteiger partial charge in [0.2, 0.25) is 5.82 Å². The van der Waals surface area contributed by atoms with Crippen molar-refractivity contribution in [1.29, 1.82) is 0 Å². The van der Waals surface area contributed by atoms with E-state index in [1.54, 1.807) is 43.0 Å². The van der Waals surface area contributed by atoms with Gasteiger partial charge in [0, 0.05) is 25.6 Å². The molecule has 0 radical (unpaired) electrons. The van der Waals surface area contributed by atoms with Gasteiger partial charge in [0.25, 0.3) is 5.89 Å². The molecule has 0 fully saturated rings. The highest BCUT2D eigenvalue weighted by molar-refractivity contribution is 5.60.